The summed E-state index contributed by atoms with van der Waals surface area (Å²) in [5, 5.41) is 11.8. The van der Waals surface area contributed by atoms with Crippen LogP contribution < -0.4 is 11.1 Å². The fourth-order valence-corrected chi connectivity index (χ4v) is 1.71. The van der Waals surface area contributed by atoms with Crippen molar-refractivity contribution in [3.05, 3.63) is 47.7 Å². The molecule has 4 N–H and O–H groups in total. The number of nitrogens with zero attached hydrogens (tertiary/aromatic N) is 1. The summed E-state index contributed by atoms with van der Waals surface area (Å²) in [7, 11) is 0. The average Bonchev–Trinajstić information content (AvgIpc) is 2.34. The van der Waals surface area contributed by atoms with Gasteiger partial charge in [-0.15, -0.1) is 0 Å². The molecule has 0 spiro atoms. The van der Waals surface area contributed by atoms with Crippen LogP contribution in [0.15, 0.2) is 36.5 Å². The number of aryl methyl sites for hydroxylation is 1. The maximum atomic E-state index is 10.6. The molecule has 1 heterocycles. The highest BCUT2D eigenvalue weighted by Gasteiger charge is 2.03. The van der Waals surface area contributed by atoms with Crippen molar-refractivity contribution < 1.29 is 9.90 Å². The zero-order valence-electron chi connectivity index (χ0n) is 10.6. The Hall–Kier alpha value is -2.56. The summed E-state index contributed by atoms with van der Waals surface area (Å²) in [6.45, 7) is 1.92. The molecule has 0 radical (unpaired) electrons. The summed E-state index contributed by atoms with van der Waals surface area (Å²) in [5.41, 5.74) is 9.01. The third-order valence-electron chi connectivity index (χ3n) is 2.63. The maximum Gasteiger partial charge on any atom is 0.307 e. The van der Waals surface area contributed by atoms with Crippen molar-refractivity contribution in [2.45, 2.75) is 13.3 Å². The number of hydrogen-bond acceptors (Lipinski definition) is 4. The second kappa shape index (κ2) is 5.39. The van der Waals surface area contributed by atoms with Gasteiger partial charge in [0.1, 0.15) is 0 Å². The van der Waals surface area contributed by atoms with Crippen molar-refractivity contribution >= 4 is 23.2 Å². The van der Waals surface area contributed by atoms with Gasteiger partial charge in [0, 0.05) is 11.9 Å². The number of nitrogens with two attached hydrogens (primary N) is 1. The molecule has 0 saturated carbocycles. The fourth-order valence-electron chi connectivity index (χ4n) is 1.71. The Bertz CT molecular complexity index is 594. The van der Waals surface area contributed by atoms with Crippen LogP contribution in [0.4, 0.5) is 17.2 Å². The van der Waals surface area contributed by atoms with Crippen LogP contribution in [0.1, 0.15) is 11.1 Å². The zero-order valence-corrected chi connectivity index (χ0v) is 10.6. The molecule has 5 heteroatoms. The normalized spacial score (nSPS) is 10.2. The lowest BCUT2D eigenvalue weighted by molar-refractivity contribution is -0.136. The number of carboxylic acids is 1. The highest BCUT2D eigenvalue weighted by molar-refractivity contribution is 5.71. The van der Waals surface area contributed by atoms with Crippen molar-refractivity contribution in [1.29, 1.82) is 0 Å². The van der Waals surface area contributed by atoms with Crippen LogP contribution >= 0.6 is 0 Å². The second-order valence-electron chi connectivity index (χ2n) is 4.34. The first-order chi connectivity index (χ1) is 9.04. The first-order valence-electron chi connectivity index (χ1n) is 5.84. The fraction of sp³-hybridized carbons (Fsp3) is 0.143. The van der Waals surface area contributed by atoms with E-state index in [1.54, 1.807) is 30.5 Å². The van der Waals surface area contributed by atoms with Gasteiger partial charge in [-0.3, -0.25) is 4.79 Å². The molecule has 2 rings (SSSR count). The largest absolute Gasteiger partial charge is 0.481 e. The topological polar surface area (TPSA) is 88.2 Å². The van der Waals surface area contributed by atoms with E-state index in [9.17, 15) is 4.79 Å². The summed E-state index contributed by atoms with van der Waals surface area (Å²) < 4.78 is 0. The van der Waals surface area contributed by atoms with E-state index in [0.29, 0.717) is 11.5 Å². The minimum atomic E-state index is -0.842. The van der Waals surface area contributed by atoms with Gasteiger partial charge in [0.15, 0.2) is 5.82 Å². The number of carboxylic acid groups (broad SMARTS) is 1. The summed E-state index contributed by atoms with van der Waals surface area (Å²) in [6.07, 6.45) is 1.75. The molecular weight excluding hydrogens is 242 g/mol. The van der Waals surface area contributed by atoms with E-state index in [1.807, 2.05) is 13.0 Å². The number of aromatic nitrogens is 1. The highest BCUT2D eigenvalue weighted by Crippen LogP contribution is 2.21. The first-order valence-corrected chi connectivity index (χ1v) is 5.84. The van der Waals surface area contributed by atoms with E-state index in [0.717, 1.165) is 16.8 Å². The Kier molecular flexibility index (Phi) is 3.66. The quantitative estimate of drug-likeness (QED) is 0.782. The van der Waals surface area contributed by atoms with Crippen LogP contribution in [0.2, 0.25) is 0 Å². The molecule has 0 fully saturated rings. The third kappa shape index (κ3) is 3.45. The van der Waals surface area contributed by atoms with Crippen LogP contribution in [-0.2, 0) is 11.2 Å². The van der Waals surface area contributed by atoms with Crippen molar-refractivity contribution in [1.82, 2.24) is 4.98 Å². The number of hydrogen-bond donors (Lipinski definition) is 3. The van der Waals surface area contributed by atoms with Crippen LogP contribution in [0.5, 0.6) is 0 Å². The lowest BCUT2D eigenvalue weighted by Crippen LogP contribution is -2.01. The lowest BCUT2D eigenvalue weighted by atomic mass is 10.1. The molecule has 0 amide bonds. The molecular formula is C14H15N3O2. The van der Waals surface area contributed by atoms with E-state index in [4.69, 9.17) is 10.8 Å². The first kappa shape index (κ1) is 12.9. The van der Waals surface area contributed by atoms with Crippen LogP contribution in [0.3, 0.4) is 0 Å². The third-order valence-corrected chi connectivity index (χ3v) is 2.63. The second-order valence-corrected chi connectivity index (χ2v) is 4.34. The van der Waals surface area contributed by atoms with Gasteiger partial charge < -0.3 is 16.2 Å². The molecule has 0 atom stereocenters. The number of carbonyl (C=O) groups is 1. The van der Waals surface area contributed by atoms with Gasteiger partial charge >= 0.3 is 5.97 Å². The minimum absolute atomic E-state index is 0.0190. The van der Waals surface area contributed by atoms with Gasteiger partial charge in [-0.05, 0) is 36.2 Å². The lowest BCUT2D eigenvalue weighted by Gasteiger charge is -2.09. The maximum absolute atomic E-state index is 10.6. The molecule has 0 aliphatic carbocycles. The Morgan fingerprint density at radius 1 is 1.37 bits per heavy atom. The molecule has 19 heavy (non-hydrogen) atoms. The molecule has 0 unspecified atom stereocenters. The monoisotopic (exact) mass is 257 g/mol. The van der Waals surface area contributed by atoms with Gasteiger partial charge in [-0.1, -0.05) is 12.1 Å². The molecule has 98 valence electrons. The predicted octanol–water partition coefficient (Wildman–Crippen LogP) is 2.34. The number of benzene rings is 1. The van der Waals surface area contributed by atoms with Crippen LogP contribution in [0, 0.1) is 6.92 Å². The summed E-state index contributed by atoms with van der Waals surface area (Å²) >= 11 is 0. The van der Waals surface area contributed by atoms with Gasteiger partial charge in [-0.2, -0.15) is 0 Å². The van der Waals surface area contributed by atoms with E-state index >= 15 is 0 Å². The molecule has 1 aromatic heterocycles. The number of anilines is 3. The van der Waals surface area contributed by atoms with Gasteiger partial charge in [-0.25, -0.2) is 4.98 Å². The molecule has 0 aliphatic heterocycles. The summed E-state index contributed by atoms with van der Waals surface area (Å²) in [4.78, 5) is 14.8. The van der Waals surface area contributed by atoms with Gasteiger partial charge in [0.2, 0.25) is 0 Å². The smallest absolute Gasteiger partial charge is 0.307 e. The highest BCUT2D eigenvalue weighted by atomic mass is 16.4. The van der Waals surface area contributed by atoms with E-state index in [1.165, 1.54) is 0 Å². The average molecular weight is 257 g/mol. The molecule has 0 bridgehead atoms. The zero-order chi connectivity index (χ0) is 13.8. The van der Waals surface area contributed by atoms with Crippen molar-refractivity contribution in [2.75, 3.05) is 11.1 Å². The van der Waals surface area contributed by atoms with E-state index < -0.39 is 5.97 Å². The molecule has 0 saturated heterocycles. The molecule has 0 aliphatic rings. The Balaban J connectivity index is 2.13. The van der Waals surface area contributed by atoms with Crippen molar-refractivity contribution in [3.63, 3.8) is 0 Å². The van der Waals surface area contributed by atoms with Crippen molar-refractivity contribution in [2.24, 2.45) is 0 Å². The van der Waals surface area contributed by atoms with Crippen LogP contribution in [-0.4, -0.2) is 16.1 Å². The number of aliphatic carboxylic acids is 1. The predicted molar refractivity (Wildman–Crippen MR) is 74.5 cm³/mol. The summed E-state index contributed by atoms with van der Waals surface area (Å²) in [6, 6.07) is 8.98. The number of pyridine rings is 1. The Labute approximate surface area is 111 Å². The molecule has 2 aromatic rings. The number of nitrogen functional groups attached to an aromatic ring is 1. The van der Waals surface area contributed by atoms with Crippen molar-refractivity contribution in [3.8, 4) is 0 Å². The number of rotatable bonds is 4. The SMILES string of the molecule is Cc1cnc(Nc2ccc(CC(=O)O)cc2)c(N)c1. The minimum Gasteiger partial charge on any atom is -0.481 e. The molecule has 1 aromatic carbocycles. The van der Waals surface area contributed by atoms with E-state index in [-0.39, 0.29) is 6.42 Å². The van der Waals surface area contributed by atoms with Crippen LogP contribution in [0.25, 0.3) is 0 Å². The van der Waals surface area contributed by atoms with E-state index in [2.05, 4.69) is 10.3 Å². The number of nitrogens with one attached hydrogen (secondary N) is 1. The Morgan fingerprint density at radius 3 is 2.63 bits per heavy atom. The standard InChI is InChI=1S/C14H15N3O2/c1-9-6-12(15)14(16-8-9)17-11-4-2-10(3-5-11)7-13(18)19/h2-6,8H,7,15H2,1H3,(H,16,17)(H,18,19). The van der Waals surface area contributed by atoms with Gasteiger partial charge in [0.05, 0.1) is 12.1 Å². The molecule has 5 nitrogen and oxygen atoms in total. The summed E-state index contributed by atoms with van der Waals surface area (Å²) in [5.74, 6) is -0.248. The van der Waals surface area contributed by atoms with Gasteiger partial charge in [0.25, 0.3) is 0 Å². The Morgan fingerprint density at radius 2 is 2.05 bits per heavy atom.